The van der Waals surface area contributed by atoms with Gasteiger partial charge < -0.3 is 19.1 Å². The van der Waals surface area contributed by atoms with Gasteiger partial charge in [-0.2, -0.15) is 5.10 Å². The summed E-state index contributed by atoms with van der Waals surface area (Å²) in [5, 5.41) is 7.21. The lowest BCUT2D eigenvalue weighted by molar-refractivity contribution is 0.0184. The third-order valence-corrected chi connectivity index (χ3v) is 7.28. The topological polar surface area (TPSA) is 108 Å². The Bertz CT molecular complexity index is 1440. The highest BCUT2D eigenvalue weighted by atomic mass is 35.5. The van der Waals surface area contributed by atoms with E-state index in [0.29, 0.717) is 18.7 Å². The van der Waals surface area contributed by atoms with Gasteiger partial charge in [-0.05, 0) is 65.7 Å². The van der Waals surface area contributed by atoms with Crippen LogP contribution in [0.3, 0.4) is 0 Å². The first kappa shape index (κ1) is 31.4. The van der Waals surface area contributed by atoms with Crippen molar-refractivity contribution in [3.63, 3.8) is 0 Å². The molecular formula is C29H34Cl2FN5O5. The average molecular weight is 623 g/mol. The quantitative estimate of drug-likeness (QED) is 0.270. The zero-order chi connectivity index (χ0) is 30.6. The number of halogens is 3. The third-order valence-electron chi connectivity index (χ3n) is 6.56. The summed E-state index contributed by atoms with van der Waals surface area (Å²) in [6, 6.07) is 4.37. The van der Waals surface area contributed by atoms with Gasteiger partial charge in [0.05, 0.1) is 23.9 Å². The third kappa shape index (κ3) is 7.63. The van der Waals surface area contributed by atoms with Crippen LogP contribution < -0.4 is 10.1 Å². The molecular weight excluding hydrogens is 588 g/mol. The van der Waals surface area contributed by atoms with Crippen LogP contribution in [-0.4, -0.2) is 57.1 Å². The molecule has 1 saturated heterocycles. The fraction of sp³-hybridized carbons (Fsp3) is 0.448. The average Bonchev–Trinajstić information content (AvgIpc) is 3.42. The van der Waals surface area contributed by atoms with Crippen molar-refractivity contribution in [1.82, 2.24) is 19.7 Å². The molecule has 0 saturated carbocycles. The van der Waals surface area contributed by atoms with E-state index in [9.17, 15) is 14.0 Å². The van der Waals surface area contributed by atoms with Gasteiger partial charge in [0, 0.05) is 47.2 Å². The van der Waals surface area contributed by atoms with Crippen molar-refractivity contribution in [3.05, 3.63) is 58.2 Å². The maximum atomic E-state index is 14.2. The van der Waals surface area contributed by atoms with Gasteiger partial charge in [-0.1, -0.05) is 23.2 Å². The van der Waals surface area contributed by atoms with Crippen molar-refractivity contribution < 1.29 is 28.2 Å². The van der Waals surface area contributed by atoms with Crippen LogP contribution in [0.4, 0.5) is 19.8 Å². The van der Waals surface area contributed by atoms with Gasteiger partial charge in [-0.3, -0.25) is 10.00 Å². The van der Waals surface area contributed by atoms with Crippen LogP contribution in [0.25, 0.3) is 11.1 Å². The lowest BCUT2D eigenvalue weighted by Gasteiger charge is -2.33. The summed E-state index contributed by atoms with van der Waals surface area (Å²) < 4.78 is 32.7. The zero-order valence-corrected chi connectivity index (χ0v) is 25.6. The molecule has 1 aromatic carbocycles. The second kappa shape index (κ2) is 13.2. The number of rotatable bonds is 7. The molecule has 0 spiro atoms. The number of amides is 2. The van der Waals surface area contributed by atoms with Crippen molar-refractivity contribution in [2.45, 2.75) is 65.2 Å². The number of aromatic nitrogens is 3. The van der Waals surface area contributed by atoms with E-state index < -0.39 is 23.6 Å². The van der Waals surface area contributed by atoms with Crippen molar-refractivity contribution in [1.29, 1.82) is 0 Å². The van der Waals surface area contributed by atoms with Gasteiger partial charge in [0.2, 0.25) is 0 Å². The Morgan fingerprint density at radius 2 is 1.88 bits per heavy atom. The van der Waals surface area contributed by atoms with Crippen LogP contribution in [-0.2, 0) is 9.47 Å². The number of benzene rings is 1. The molecule has 4 rings (SSSR count). The highest BCUT2D eigenvalue weighted by molar-refractivity contribution is 6.36. The number of hydrogen-bond acceptors (Lipinski definition) is 7. The molecule has 13 heteroatoms. The second-order valence-electron chi connectivity index (χ2n) is 10.8. The van der Waals surface area contributed by atoms with Crippen molar-refractivity contribution in [3.8, 4) is 16.9 Å². The van der Waals surface area contributed by atoms with E-state index in [1.54, 1.807) is 37.2 Å². The number of nitrogens with zero attached hydrogens (tertiary/aromatic N) is 4. The molecule has 2 amide bonds. The number of piperidine rings is 1. The van der Waals surface area contributed by atoms with Crippen LogP contribution in [0.2, 0.25) is 10.0 Å². The molecule has 2 aromatic heterocycles. The zero-order valence-electron chi connectivity index (χ0n) is 24.1. The fourth-order valence-electron chi connectivity index (χ4n) is 4.54. The first-order valence-electron chi connectivity index (χ1n) is 13.6. The molecule has 226 valence electrons. The Morgan fingerprint density at radius 3 is 2.55 bits per heavy atom. The molecule has 1 atom stereocenters. The molecule has 10 nitrogen and oxygen atoms in total. The van der Waals surface area contributed by atoms with E-state index in [2.05, 4.69) is 15.4 Å². The normalized spacial score (nSPS) is 14.8. The predicted octanol–water partition coefficient (Wildman–Crippen LogP) is 7.67. The van der Waals surface area contributed by atoms with E-state index in [-0.39, 0.29) is 45.9 Å². The number of anilines is 1. The first-order chi connectivity index (χ1) is 19.9. The summed E-state index contributed by atoms with van der Waals surface area (Å²) in [6.07, 6.45) is 4.82. The number of carbonyl (C=O) groups excluding carboxylic acids is 2. The maximum Gasteiger partial charge on any atom is 0.412 e. The SMILES string of the molecule is CCOC(=O)Nc1ncc(-c2cnn(C3CCN(C(=O)OC(C)(C)C)CC3)c2)cc1O[C@H](C)c1c(Cl)ccc(F)c1Cl. The molecule has 0 bridgehead atoms. The van der Waals surface area contributed by atoms with E-state index in [0.717, 1.165) is 18.4 Å². The molecule has 1 aliphatic heterocycles. The highest BCUT2D eigenvalue weighted by Gasteiger charge is 2.28. The molecule has 0 unspecified atom stereocenters. The predicted molar refractivity (Wildman–Crippen MR) is 158 cm³/mol. The maximum absolute atomic E-state index is 14.2. The number of likely N-dealkylation sites (tertiary alicyclic amines) is 1. The Labute approximate surface area is 254 Å². The first-order valence-corrected chi connectivity index (χ1v) is 14.4. The van der Waals surface area contributed by atoms with Crippen LogP contribution in [0, 0.1) is 5.82 Å². The van der Waals surface area contributed by atoms with Crippen LogP contribution in [0.5, 0.6) is 5.75 Å². The summed E-state index contributed by atoms with van der Waals surface area (Å²) in [4.78, 5) is 30.7. The van der Waals surface area contributed by atoms with E-state index in [1.807, 2.05) is 31.6 Å². The minimum atomic E-state index is -0.793. The second-order valence-corrected chi connectivity index (χ2v) is 11.6. The largest absolute Gasteiger partial charge is 0.482 e. The van der Waals surface area contributed by atoms with Gasteiger partial charge >= 0.3 is 12.2 Å². The molecule has 1 aliphatic rings. The Hall–Kier alpha value is -3.57. The summed E-state index contributed by atoms with van der Waals surface area (Å²) in [6.45, 7) is 10.2. The monoisotopic (exact) mass is 621 g/mol. The minimum Gasteiger partial charge on any atom is -0.482 e. The number of carbonyl (C=O) groups is 2. The Balaban J connectivity index is 1.54. The van der Waals surface area contributed by atoms with Crippen molar-refractivity contribution >= 4 is 41.2 Å². The summed E-state index contributed by atoms with van der Waals surface area (Å²) >= 11 is 12.5. The minimum absolute atomic E-state index is 0.100. The standard InChI is InChI=1S/C29H34Cl2FN5O5/c1-6-40-27(38)35-26-23(41-17(2)24-21(30)7-8-22(32)25(24)31)13-18(14-33-26)19-15-34-37(16-19)20-9-11-36(12-10-20)28(39)42-29(3,4)5/h7-8,13-17,20H,6,9-12H2,1-5H3,(H,33,35,38)/t17-/m1/s1. The fourth-order valence-corrected chi connectivity index (χ4v) is 5.22. The highest BCUT2D eigenvalue weighted by Crippen LogP contribution is 2.38. The number of nitrogens with one attached hydrogen (secondary N) is 1. The molecule has 1 N–H and O–H groups in total. The molecule has 0 radical (unpaired) electrons. The van der Waals surface area contributed by atoms with Gasteiger partial charge in [-0.25, -0.2) is 19.0 Å². The molecule has 1 fully saturated rings. The van der Waals surface area contributed by atoms with Crippen LogP contribution in [0.1, 0.15) is 65.2 Å². The smallest absolute Gasteiger partial charge is 0.412 e. The van der Waals surface area contributed by atoms with Crippen molar-refractivity contribution in [2.24, 2.45) is 0 Å². The number of hydrogen-bond donors (Lipinski definition) is 1. The van der Waals surface area contributed by atoms with Gasteiger partial charge in [-0.15, -0.1) is 0 Å². The van der Waals surface area contributed by atoms with Gasteiger partial charge in [0.1, 0.15) is 17.5 Å². The summed E-state index contributed by atoms with van der Waals surface area (Å²) in [5.41, 5.74) is 1.15. The number of pyridine rings is 1. The Kier molecular flexibility index (Phi) is 9.83. The molecule has 3 aromatic rings. The summed E-state index contributed by atoms with van der Waals surface area (Å²) in [5.74, 6) is -0.329. The van der Waals surface area contributed by atoms with Crippen molar-refractivity contribution in [2.75, 3.05) is 25.0 Å². The molecule has 0 aliphatic carbocycles. The van der Waals surface area contributed by atoms with Gasteiger partial charge in [0.25, 0.3) is 0 Å². The Morgan fingerprint density at radius 1 is 1.17 bits per heavy atom. The van der Waals surface area contributed by atoms with Crippen LogP contribution >= 0.6 is 23.2 Å². The number of ether oxygens (including phenoxy) is 3. The summed E-state index contributed by atoms with van der Waals surface area (Å²) in [7, 11) is 0. The molecule has 42 heavy (non-hydrogen) atoms. The lowest BCUT2D eigenvalue weighted by Crippen LogP contribution is -2.42. The molecule has 3 heterocycles. The van der Waals surface area contributed by atoms with E-state index >= 15 is 0 Å². The van der Waals surface area contributed by atoms with Gasteiger partial charge in [0.15, 0.2) is 11.6 Å². The lowest BCUT2D eigenvalue weighted by atomic mass is 10.1. The van der Waals surface area contributed by atoms with Crippen LogP contribution in [0.15, 0.2) is 36.8 Å². The van der Waals surface area contributed by atoms with E-state index in [4.69, 9.17) is 37.4 Å². The van der Waals surface area contributed by atoms with E-state index in [1.165, 1.54) is 12.1 Å².